The molecule has 5 nitrogen and oxygen atoms in total. The number of allylic oxidation sites excluding steroid dienone is 2. The van der Waals surface area contributed by atoms with Gasteiger partial charge in [0.1, 0.15) is 0 Å². The van der Waals surface area contributed by atoms with Crippen LogP contribution in [0.4, 0.5) is 0 Å². The molecule has 0 saturated carbocycles. The van der Waals surface area contributed by atoms with Gasteiger partial charge in [0.15, 0.2) is 0 Å². The van der Waals surface area contributed by atoms with Crippen molar-refractivity contribution in [2.45, 2.75) is 103 Å². The van der Waals surface area contributed by atoms with Gasteiger partial charge in [-0.1, -0.05) is 70.4 Å². The Kier molecular flexibility index (Phi) is 23.6. The molecular formula is C25H49NO4. The molecule has 0 aliphatic heterocycles. The fourth-order valence-corrected chi connectivity index (χ4v) is 3.50. The van der Waals surface area contributed by atoms with E-state index in [0.29, 0.717) is 26.1 Å². The van der Waals surface area contributed by atoms with E-state index >= 15 is 0 Å². The molecule has 0 aromatic heterocycles. The van der Waals surface area contributed by atoms with E-state index in [1.807, 2.05) is 4.90 Å². The fraction of sp³-hybridized carbons (Fsp3) is 0.880. The first kappa shape index (κ1) is 29.1. The molecule has 0 saturated heterocycles. The van der Waals surface area contributed by atoms with Gasteiger partial charge in [0.2, 0.25) is 0 Å². The van der Waals surface area contributed by atoms with E-state index in [0.717, 1.165) is 25.8 Å². The van der Waals surface area contributed by atoms with Gasteiger partial charge in [-0.15, -0.1) is 0 Å². The van der Waals surface area contributed by atoms with Gasteiger partial charge in [-0.2, -0.15) is 0 Å². The number of carbonyl (C=O) groups is 1. The first-order valence-electron chi connectivity index (χ1n) is 12.5. The van der Waals surface area contributed by atoms with Crippen molar-refractivity contribution in [3.05, 3.63) is 12.2 Å². The molecule has 2 N–H and O–H groups in total. The minimum Gasteiger partial charge on any atom is -0.466 e. The molecule has 0 heterocycles. The Morgan fingerprint density at radius 1 is 0.733 bits per heavy atom. The summed E-state index contributed by atoms with van der Waals surface area (Å²) in [5.74, 6) is -0.108. The van der Waals surface area contributed by atoms with Crippen molar-refractivity contribution >= 4 is 5.97 Å². The summed E-state index contributed by atoms with van der Waals surface area (Å²) in [6.07, 6.45) is 22.2. The number of ether oxygens (including phenoxy) is 1. The van der Waals surface area contributed by atoms with Gasteiger partial charge in [0.25, 0.3) is 0 Å². The lowest BCUT2D eigenvalue weighted by Gasteiger charge is -2.19. The van der Waals surface area contributed by atoms with Crippen LogP contribution in [0, 0.1) is 0 Å². The minimum atomic E-state index is -0.108. The summed E-state index contributed by atoms with van der Waals surface area (Å²) in [7, 11) is 0. The Bertz CT molecular complexity index is 381. The Morgan fingerprint density at radius 3 is 1.83 bits per heavy atom. The predicted molar refractivity (Wildman–Crippen MR) is 126 cm³/mol. The molecule has 0 rings (SSSR count). The van der Waals surface area contributed by atoms with Gasteiger partial charge < -0.3 is 14.9 Å². The van der Waals surface area contributed by atoms with Crippen LogP contribution in [-0.4, -0.2) is 60.5 Å². The molecule has 0 aliphatic carbocycles. The van der Waals surface area contributed by atoms with E-state index in [9.17, 15) is 4.79 Å². The summed E-state index contributed by atoms with van der Waals surface area (Å²) >= 11 is 0. The molecule has 0 amide bonds. The second-order valence-corrected chi connectivity index (χ2v) is 8.20. The zero-order chi connectivity index (χ0) is 22.1. The summed E-state index contributed by atoms with van der Waals surface area (Å²) in [6.45, 7) is 4.65. The second-order valence-electron chi connectivity index (χ2n) is 8.20. The predicted octanol–water partition coefficient (Wildman–Crippen LogP) is 5.24. The number of aliphatic hydroxyl groups excluding tert-OH is 2. The number of unbranched alkanes of at least 4 members (excludes halogenated alkanes) is 11. The number of carbonyl (C=O) groups excluding carboxylic acids is 1. The van der Waals surface area contributed by atoms with Crippen LogP contribution in [0.5, 0.6) is 0 Å². The molecule has 0 fully saturated rings. The van der Waals surface area contributed by atoms with Gasteiger partial charge in [-0.3, -0.25) is 9.69 Å². The molecular weight excluding hydrogens is 378 g/mol. The standard InChI is InChI=1S/C25H49NO4/c1-2-3-4-5-6-7-8-9-10-11-12-13-14-15-16-18-25(29)30-24-17-19-26(20-22-27)21-23-28/h9-10,27-28H,2-8,11-24H2,1H3/b10-9-. The number of hydrogen-bond acceptors (Lipinski definition) is 5. The van der Waals surface area contributed by atoms with Crippen molar-refractivity contribution in [1.29, 1.82) is 0 Å². The zero-order valence-electron chi connectivity index (χ0n) is 19.7. The SMILES string of the molecule is CCCCCCCC/C=C\CCCCCCCC(=O)OCCCN(CCO)CCO. The Balaban J connectivity index is 3.35. The normalized spacial score (nSPS) is 11.6. The largest absolute Gasteiger partial charge is 0.466 e. The maximum atomic E-state index is 11.7. The number of esters is 1. The van der Waals surface area contributed by atoms with Crippen molar-refractivity contribution in [3.63, 3.8) is 0 Å². The molecule has 0 unspecified atom stereocenters. The van der Waals surface area contributed by atoms with Crippen molar-refractivity contribution < 1.29 is 19.7 Å². The first-order valence-corrected chi connectivity index (χ1v) is 12.5. The smallest absolute Gasteiger partial charge is 0.305 e. The molecule has 0 aromatic carbocycles. The molecule has 0 spiro atoms. The highest BCUT2D eigenvalue weighted by molar-refractivity contribution is 5.69. The summed E-state index contributed by atoms with van der Waals surface area (Å²) in [4.78, 5) is 13.7. The van der Waals surface area contributed by atoms with E-state index in [2.05, 4.69) is 19.1 Å². The Hall–Kier alpha value is -0.910. The van der Waals surface area contributed by atoms with Crippen LogP contribution < -0.4 is 0 Å². The van der Waals surface area contributed by atoms with E-state index in [1.165, 1.54) is 70.6 Å². The number of hydrogen-bond donors (Lipinski definition) is 2. The zero-order valence-corrected chi connectivity index (χ0v) is 19.7. The molecule has 30 heavy (non-hydrogen) atoms. The van der Waals surface area contributed by atoms with E-state index in [4.69, 9.17) is 14.9 Å². The van der Waals surface area contributed by atoms with Crippen LogP contribution in [0.25, 0.3) is 0 Å². The molecule has 0 bridgehead atoms. The third-order valence-electron chi connectivity index (χ3n) is 5.36. The summed E-state index contributed by atoms with van der Waals surface area (Å²) in [5.41, 5.74) is 0. The van der Waals surface area contributed by atoms with Gasteiger partial charge in [-0.25, -0.2) is 0 Å². The highest BCUT2D eigenvalue weighted by atomic mass is 16.5. The van der Waals surface area contributed by atoms with E-state index in [-0.39, 0.29) is 19.2 Å². The van der Waals surface area contributed by atoms with Gasteiger partial charge in [0.05, 0.1) is 19.8 Å². The van der Waals surface area contributed by atoms with Gasteiger partial charge >= 0.3 is 5.97 Å². The maximum absolute atomic E-state index is 11.7. The monoisotopic (exact) mass is 427 g/mol. The molecule has 0 aromatic rings. The van der Waals surface area contributed by atoms with E-state index in [1.54, 1.807) is 0 Å². The third-order valence-corrected chi connectivity index (χ3v) is 5.36. The minimum absolute atomic E-state index is 0.0786. The number of nitrogens with zero attached hydrogens (tertiary/aromatic N) is 1. The maximum Gasteiger partial charge on any atom is 0.305 e. The van der Waals surface area contributed by atoms with Crippen LogP contribution in [0.1, 0.15) is 103 Å². The van der Waals surface area contributed by atoms with Gasteiger partial charge in [0, 0.05) is 26.1 Å². The fourth-order valence-electron chi connectivity index (χ4n) is 3.50. The van der Waals surface area contributed by atoms with Crippen molar-refractivity contribution in [3.8, 4) is 0 Å². The lowest BCUT2D eigenvalue weighted by molar-refractivity contribution is -0.144. The number of aliphatic hydroxyl groups is 2. The Morgan fingerprint density at radius 2 is 1.27 bits per heavy atom. The second kappa shape index (κ2) is 24.4. The Labute approximate surface area is 185 Å². The lowest BCUT2D eigenvalue weighted by Crippen LogP contribution is -2.31. The molecule has 0 atom stereocenters. The topological polar surface area (TPSA) is 70.0 Å². The molecule has 0 aliphatic rings. The van der Waals surface area contributed by atoms with Crippen LogP contribution >= 0.6 is 0 Å². The third kappa shape index (κ3) is 21.8. The van der Waals surface area contributed by atoms with Crippen LogP contribution in [0.15, 0.2) is 12.2 Å². The highest BCUT2D eigenvalue weighted by Gasteiger charge is 2.05. The summed E-state index contributed by atoms with van der Waals surface area (Å²) in [5, 5.41) is 17.9. The summed E-state index contributed by atoms with van der Waals surface area (Å²) < 4.78 is 5.27. The van der Waals surface area contributed by atoms with Crippen LogP contribution in [0.3, 0.4) is 0 Å². The molecule has 0 radical (unpaired) electrons. The number of rotatable bonds is 23. The molecule has 178 valence electrons. The van der Waals surface area contributed by atoms with Crippen LogP contribution in [-0.2, 0) is 9.53 Å². The molecule has 5 heteroatoms. The van der Waals surface area contributed by atoms with Crippen LogP contribution in [0.2, 0.25) is 0 Å². The first-order chi connectivity index (χ1) is 14.7. The summed E-state index contributed by atoms with van der Waals surface area (Å²) in [6, 6.07) is 0. The van der Waals surface area contributed by atoms with Crippen molar-refractivity contribution in [2.75, 3.05) is 39.5 Å². The average Bonchev–Trinajstić information content (AvgIpc) is 2.74. The van der Waals surface area contributed by atoms with Crippen molar-refractivity contribution in [1.82, 2.24) is 4.90 Å². The highest BCUT2D eigenvalue weighted by Crippen LogP contribution is 2.10. The van der Waals surface area contributed by atoms with Crippen molar-refractivity contribution in [2.24, 2.45) is 0 Å². The van der Waals surface area contributed by atoms with E-state index < -0.39 is 0 Å². The average molecular weight is 428 g/mol. The lowest BCUT2D eigenvalue weighted by atomic mass is 10.1. The van der Waals surface area contributed by atoms with Gasteiger partial charge in [-0.05, 0) is 38.5 Å². The quantitative estimate of drug-likeness (QED) is 0.132.